The standard InChI is InChI=1S/C17H26N2O4/c1-2-3-4-5-6-7-13(20)18-19-16(21)14-11-8-9-12(10-11)15(14)17(22)23/h8-9,11-12,14-15H,2-7,10H2,1H3,(H,18,20)(H,19,21)(H,22,23)/t11-,12-,14-,15-/m0/s1. The van der Waals surface area contributed by atoms with Crippen LogP contribution in [-0.4, -0.2) is 22.9 Å². The van der Waals surface area contributed by atoms with E-state index < -0.39 is 23.7 Å². The van der Waals surface area contributed by atoms with E-state index in [1.54, 1.807) is 0 Å². The third-order valence-corrected chi connectivity index (χ3v) is 4.88. The van der Waals surface area contributed by atoms with Crippen LogP contribution in [0.1, 0.15) is 51.9 Å². The number of unbranched alkanes of at least 4 members (excludes halogenated alkanes) is 4. The Bertz CT molecular complexity index is 489. The molecule has 0 radical (unpaired) electrons. The van der Waals surface area contributed by atoms with Gasteiger partial charge in [-0.2, -0.15) is 0 Å². The summed E-state index contributed by atoms with van der Waals surface area (Å²) in [5.41, 5.74) is 4.82. The topological polar surface area (TPSA) is 95.5 Å². The van der Waals surface area contributed by atoms with Gasteiger partial charge in [-0.15, -0.1) is 0 Å². The van der Waals surface area contributed by atoms with Crippen molar-refractivity contribution in [1.82, 2.24) is 10.9 Å². The number of carbonyl (C=O) groups is 3. The Morgan fingerprint density at radius 1 is 1.00 bits per heavy atom. The van der Waals surface area contributed by atoms with Crippen molar-refractivity contribution in [3.63, 3.8) is 0 Å². The molecule has 2 amide bonds. The smallest absolute Gasteiger partial charge is 0.307 e. The van der Waals surface area contributed by atoms with Crippen LogP contribution >= 0.6 is 0 Å². The molecule has 0 unspecified atom stereocenters. The number of carboxylic acids is 1. The van der Waals surface area contributed by atoms with Gasteiger partial charge >= 0.3 is 5.97 Å². The Labute approximate surface area is 136 Å². The molecule has 23 heavy (non-hydrogen) atoms. The number of allylic oxidation sites excluding steroid dienone is 2. The molecule has 6 nitrogen and oxygen atoms in total. The van der Waals surface area contributed by atoms with Gasteiger partial charge in [0.15, 0.2) is 0 Å². The third-order valence-electron chi connectivity index (χ3n) is 4.88. The fourth-order valence-electron chi connectivity index (χ4n) is 3.68. The van der Waals surface area contributed by atoms with Gasteiger partial charge < -0.3 is 5.11 Å². The molecule has 3 N–H and O–H groups in total. The van der Waals surface area contributed by atoms with E-state index in [9.17, 15) is 19.5 Å². The molecule has 1 saturated carbocycles. The molecule has 0 heterocycles. The van der Waals surface area contributed by atoms with Crippen LogP contribution in [0.15, 0.2) is 12.2 Å². The summed E-state index contributed by atoms with van der Waals surface area (Å²) in [6.07, 6.45) is 10.2. The zero-order valence-electron chi connectivity index (χ0n) is 13.6. The van der Waals surface area contributed by atoms with Gasteiger partial charge in [0, 0.05) is 6.42 Å². The van der Waals surface area contributed by atoms with Crippen LogP contribution in [0.5, 0.6) is 0 Å². The van der Waals surface area contributed by atoms with Gasteiger partial charge in [-0.05, 0) is 24.7 Å². The summed E-state index contributed by atoms with van der Waals surface area (Å²) < 4.78 is 0. The minimum atomic E-state index is -0.941. The number of hydrogen-bond donors (Lipinski definition) is 3. The molecule has 0 aliphatic heterocycles. The van der Waals surface area contributed by atoms with Gasteiger partial charge in [0.05, 0.1) is 11.8 Å². The van der Waals surface area contributed by atoms with Gasteiger partial charge in [0.25, 0.3) is 0 Å². The number of amides is 2. The SMILES string of the molecule is CCCCCCCC(=O)NNC(=O)[C@@H]1[C@@H](C(=O)O)[C@H]2C=C[C@H]1C2. The molecule has 2 aliphatic carbocycles. The minimum Gasteiger partial charge on any atom is -0.481 e. The van der Waals surface area contributed by atoms with Crippen molar-refractivity contribution in [2.45, 2.75) is 51.9 Å². The van der Waals surface area contributed by atoms with E-state index in [2.05, 4.69) is 17.8 Å². The number of nitrogens with one attached hydrogen (secondary N) is 2. The highest BCUT2D eigenvalue weighted by atomic mass is 16.4. The molecule has 0 aromatic carbocycles. The van der Waals surface area contributed by atoms with Gasteiger partial charge in [0.1, 0.15) is 0 Å². The summed E-state index contributed by atoms with van der Waals surface area (Å²) in [7, 11) is 0. The molecule has 0 aromatic heterocycles. The first-order valence-electron chi connectivity index (χ1n) is 8.54. The lowest BCUT2D eigenvalue weighted by Crippen LogP contribution is -2.48. The normalized spacial score (nSPS) is 27.9. The molecule has 1 fully saturated rings. The fourth-order valence-corrected chi connectivity index (χ4v) is 3.68. The van der Waals surface area contributed by atoms with Gasteiger partial charge in [-0.25, -0.2) is 0 Å². The molecule has 0 saturated heterocycles. The van der Waals surface area contributed by atoms with Crippen molar-refractivity contribution in [1.29, 1.82) is 0 Å². The van der Waals surface area contributed by atoms with Gasteiger partial charge in [-0.3, -0.25) is 25.2 Å². The molecule has 0 aromatic rings. The second-order valence-electron chi connectivity index (χ2n) is 6.54. The highest BCUT2D eigenvalue weighted by Gasteiger charge is 2.51. The van der Waals surface area contributed by atoms with E-state index in [0.29, 0.717) is 12.8 Å². The molecule has 2 aliphatic rings. The van der Waals surface area contributed by atoms with Crippen LogP contribution in [0, 0.1) is 23.7 Å². The van der Waals surface area contributed by atoms with E-state index in [0.717, 1.165) is 25.7 Å². The lowest BCUT2D eigenvalue weighted by Gasteiger charge is -2.23. The van der Waals surface area contributed by atoms with Crippen LogP contribution in [0.4, 0.5) is 0 Å². The number of carboxylic acid groups (broad SMARTS) is 1. The number of fused-ring (bicyclic) bond motifs is 2. The quantitative estimate of drug-likeness (QED) is 0.362. The lowest BCUT2D eigenvalue weighted by atomic mass is 9.82. The number of carbonyl (C=O) groups excluding carboxylic acids is 2. The maximum atomic E-state index is 12.2. The number of hydrogen-bond acceptors (Lipinski definition) is 3. The van der Waals surface area contributed by atoms with Crippen molar-refractivity contribution < 1.29 is 19.5 Å². The Morgan fingerprint density at radius 3 is 2.30 bits per heavy atom. The first-order chi connectivity index (χ1) is 11.0. The molecule has 6 heteroatoms. The monoisotopic (exact) mass is 322 g/mol. The number of rotatable bonds is 8. The highest BCUT2D eigenvalue weighted by Crippen LogP contribution is 2.48. The second-order valence-corrected chi connectivity index (χ2v) is 6.54. The molecule has 4 atom stereocenters. The van der Waals surface area contributed by atoms with E-state index in [-0.39, 0.29) is 17.7 Å². The van der Waals surface area contributed by atoms with Crippen molar-refractivity contribution in [2.24, 2.45) is 23.7 Å². The Kier molecular flexibility index (Phi) is 6.19. The molecule has 2 rings (SSSR count). The van der Waals surface area contributed by atoms with Crippen LogP contribution in [0.3, 0.4) is 0 Å². The predicted octanol–water partition coefficient (Wildman–Crippen LogP) is 2.02. The first-order valence-corrected chi connectivity index (χ1v) is 8.54. The van der Waals surface area contributed by atoms with Crippen molar-refractivity contribution in [2.75, 3.05) is 0 Å². The van der Waals surface area contributed by atoms with Crippen LogP contribution in [-0.2, 0) is 14.4 Å². The van der Waals surface area contributed by atoms with Gasteiger partial charge in [-0.1, -0.05) is 44.8 Å². The maximum Gasteiger partial charge on any atom is 0.307 e. The summed E-state index contributed by atoms with van der Waals surface area (Å²) >= 11 is 0. The lowest BCUT2D eigenvalue weighted by molar-refractivity contribution is -0.148. The van der Waals surface area contributed by atoms with Crippen LogP contribution in [0.2, 0.25) is 0 Å². The summed E-state index contributed by atoms with van der Waals surface area (Å²) in [4.78, 5) is 35.3. The predicted molar refractivity (Wildman–Crippen MR) is 85.0 cm³/mol. The van der Waals surface area contributed by atoms with Crippen LogP contribution in [0.25, 0.3) is 0 Å². The van der Waals surface area contributed by atoms with Gasteiger partial charge in [0.2, 0.25) is 11.8 Å². The Hall–Kier alpha value is -1.85. The second kappa shape index (κ2) is 8.13. The van der Waals surface area contributed by atoms with Crippen molar-refractivity contribution in [3.05, 3.63) is 12.2 Å². The zero-order valence-corrected chi connectivity index (χ0v) is 13.6. The average Bonchev–Trinajstić information content (AvgIpc) is 3.13. The Balaban J connectivity index is 1.73. The maximum absolute atomic E-state index is 12.2. The van der Waals surface area contributed by atoms with E-state index in [1.807, 2.05) is 12.2 Å². The average molecular weight is 322 g/mol. The third kappa shape index (κ3) is 4.33. The fraction of sp³-hybridized carbons (Fsp3) is 0.706. The number of aliphatic carboxylic acids is 1. The van der Waals surface area contributed by atoms with Crippen molar-refractivity contribution in [3.8, 4) is 0 Å². The number of hydrazine groups is 1. The van der Waals surface area contributed by atoms with Crippen molar-refractivity contribution >= 4 is 17.8 Å². The van der Waals surface area contributed by atoms with Crippen LogP contribution < -0.4 is 10.9 Å². The minimum absolute atomic E-state index is 0.0351. The molecule has 128 valence electrons. The largest absolute Gasteiger partial charge is 0.481 e. The highest BCUT2D eigenvalue weighted by molar-refractivity contribution is 5.88. The van der Waals surface area contributed by atoms with E-state index >= 15 is 0 Å². The summed E-state index contributed by atoms with van der Waals surface area (Å²) in [6.45, 7) is 2.14. The first kappa shape index (κ1) is 17.5. The summed E-state index contributed by atoms with van der Waals surface area (Å²) in [5, 5.41) is 9.32. The molecular formula is C17H26N2O4. The molecular weight excluding hydrogens is 296 g/mol. The molecule has 0 spiro atoms. The Morgan fingerprint density at radius 2 is 1.65 bits per heavy atom. The molecule has 2 bridgehead atoms. The summed E-state index contributed by atoms with van der Waals surface area (Å²) in [6, 6.07) is 0. The van der Waals surface area contributed by atoms with E-state index in [1.165, 1.54) is 6.42 Å². The summed E-state index contributed by atoms with van der Waals surface area (Å²) in [5.74, 6) is -2.93. The zero-order chi connectivity index (χ0) is 16.8. The van der Waals surface area contributed by atoms with E-state index in [4.69, 9.17) is 0 Å².